The van der Waals surface area contributed by atoms with Crippen molar-refractivity contribution in [2.24, 2.45) is 5.92 Å². The summed E-state index contributed by atoms with van der Waals surface area (Å²) in [5, 5.41) is 0. The van der Waals surface area contributed by atoms with E-state index in [1.165, 1.54) is 12.1 Å². The van der Waals surface area contributed by atoms with Crippen LogP contribution >= 0.6 is 0 Å². The van der Waals surface area contributed by atoms with Crippen molar-refractivity contribution in [2.45, 2.75) is 32.8 Å². The Morgan fingerprint density at radius 2 is 2.29 bits per heavy atom. The predicted molar refractivity (Wildman–Crippen MR) is 63.4 cm³/mol. The lowest BCUT2D eigenvalue weighted by Crippen LogP contribution is -2.27. The van der Waals surface area contributed by atoms with Crippen LogP contribution in [0.1, 0.15) is 24.5 Å². The number of halogens is 1. The second-order valence-corrected chi connectivity index (χ2v) is 4.77. The van der Waals surface area contributed by atoms with Crippen LogP contribution < -0.4 is 0 Å². The van der Waals surface area contributed by atoms with Crippen molar-refractivity contribution in [2.75, 3.05) is 6.61 Å². The Kier molecular flexibility index (Phi) is 3.57. The van der Waals surface area contributed by atoms with E-state index < -0.39 is 0 Å². The van der Waals surface area contributed by atoms with E-state index in [-0.39, 0.29) is 17.7 Å². The number of carbonyl (C=O) groups excluding carboxylic acids is 1. The van der Waals surface area contributed by atoms with Gasteiger partial charge in [0.05, 0.1) is 0 Å². The summed E-state index contributed by atoms with van der Waals surface area (Å²) in [5.74, 6) is 0.136. The van der Waals surface area contributed by atoms with Gasteiger partial charge in [0.1, 0.15) is 11.9 Å². The van der Waals surface area contributed by atoms with Crippen molar-refractivity contribution in [3.63, 3.8) is 0 Å². The van der Waals surface area contributed by atoms with Gasteiger partial charge in [0.25, 0.3) is 0 Å². The average molecular weight is 236 g/mol. The van der Waals surface area contributed by atoms with E-state index >= 15 is 0 Å². The zero-order chi connectivity index (χ0) is 12.4. The highest BCUT2D eigenvalue weighted by atomic mass is 19.1. The topological polar surface area (TPSA) is 26.3 Å². The van der Waals surface area contributed by atoms with Crippen molar-refractivity contribution in [1.29, 1.82) is 0 Å². The molecule has 0 aliphatic carbocycles. The van der Waals surface area contributed by atoms with Gasteiger partial charge in [-0.05, 0) is 42.5 Å². The van der Waals surface area contributed by atoms with Crippen LogP contribution in [0.25, 0.3) is 0 Å². The molecule has 3 heteroatoms. The first-order valence-electron chi connectivity index (χ1n) is 5.97. The number of aryl methyl sites for hydroxylation is 1. The predicted octanol–water partition coefficient (Wildman–Crippen LogP) is 2.67. The van der Waals surface area contributed by atoms with Gasteiger partial charge >= 0.3 is 0 Å². The molecule has 1 heterocycles. The molecule has 92 valence electrons. The second kappa shape index (κ2) is 4.96. The van der Waals surface area contributed by atoms with Gasteiger partial charge in [-0.15, -0.1) is 0 Å². The zero-order valence-corrected chi connectivity index (χ0v) is 10.2. The largest absolute Gasteiger partial charge is 0.370 e. The summed E-state index contributed by atoms with van der Waals surface area (Å²) in [6, 6.07) is 4.54. The molecule has 1 saturated heterocycles. The maximum Gasteiger partial charge on any atom is 0.166 e. The van der Waals surface area contributed by atoms with Gasteiger partial charge in [-0.25, -0.2) is 4.39 Å². The quantitative estimate of drug-likeness (QED) is 0.806. The molecule has 17 heavy (non-hydrogen) atoms. The number of hydrogen-bond donors (Lipinski definition) is 0. The van der Waals surface area contributed by atoms with E-state index in [4.69, 9.17) is 4.74 Å². The van der Waals surface area contributed by atoms with E-state index in [9.17, 15) is 9.18 Å². The Hall–Kier alpha value is -1.22. The Morgan fingerprint density at radius 1 is 1.53 bits per heavy atom. The summed E-state index contributed by atoms with van der Waals surface area (Å²) in [5.41, 5.74) is 1.71. The van der Waals surface area contributed by atoms with Crippen molar-refractivity contribution in [1.82, 2.24) is 0 Å². The molecule has 0 amide bonds. The van der Waals surface area contributed by atoms with Crippen LogP contribution in [0.2, 0.25) is 0 Å². The van der Waals surface area contributed by atoms with Crippen LogP contribution in [0, 0.1) is 18.7 Å². The third-order valence-electron chi connectivity index (χ3n) is 3.37. The molecule has 2 rings (SSSR count). The first-order valence-corrected chi connectivity index (χ1v) is 5.97. The lowest BCUT2D eigenvalue weighted by Gasteiger charge is -2.14. The SMILES string of the molecule is Cc1cc(F)ccc1CC(=O)C1OCCC1C. The van der Waals surface area contributed by atoms with Crippen LogP contribution in [0.5, 0.6) is 0 Å². The highest BCUT2D eigenvalue weighted by Gasteiger charge is 2.30. The van der Waals surface area contributed by atoms with Crippen molar-refractivity contribution in [3.8, 4) is 0 Å². The fourth-order valence-electron chi connectivity index (χ4n) is 2.25. The smallest absolute Gasteiger partial charge is 0.166 e. The zero-order valence-electron chi connectivity index (χ0n) is 10.2. The normalized spacial score (nSPS) is 23.9. The number of hydrogen-bond acceptors (Lipinski definition) is 2. The minimum absolute atomic E-state index is 0.102. The molecular weight excluding hydrogens is 219 g/mol. The highest BCUT2D eigenvalue weighted by molar-refractivity contribution is 5.86. The third-order valence-corrected chi connectivity index (χ3v) is 3.37. The lowest BCUT2D eigenvalue weighted by atomic mass is 9.95. The van der Waals surface area contributed by atoms with E-state index in [0.717, 1.165) is 17.5 Å². The van der Waals surface area contributed by atoms with Crippen LogP contribution in [0.15, 0.2) is 18.2 Å². The van der Waals surface area contributed by atoms with Gasteiger partial charge in [-0.1, -0.05) is 13.0 Å². The molecule has 0 radical (unpaired) electrons. The van der Waals surface area contributed by atoms with Gasteiger partial charge in [0.15, 0.2) is 5.78 Å². The van der Waals surface area contributed by atoms with Gasteiger partial charge in [0.2, 0.25) is 0 Å². The van der Waals surface area contributed by atoms with Gasteiger partial charge in [0, 0.05) is 13.0 Å². The molecule has 1 aliphatic heterocycles. The van der Waals surface area contributed by atoms with Crippen LogP contribution in [0.3, 0.4) is 0 Å². The van der Waals surface area contributed by atoms with E-state index in [1.807, 2.05) is 13.8 Å². The number of benzene rings is 1. The van der Waals surface area contributed by atoms with E-state index in [1.54, 1.807) is 6.07 Å². The molecule has 0 spiro atoms. The Morgan fingerprint density at radius 3 is 2.88 bits per heavy atom. The molecule has 2 atom stereocenters. The molecule has 2 nitrogen and oxygen atoms in total. The Labute approximate surface area is 101 Å². The number of ketones is 1. The molecular formula is C14H17FO2. The summed E-state index contributed by atoms with van der Waals surface area (Å²) in [4.78, 5) is 12.0. The molecule has 2 unspecified atom stereocenters. The second-order valence-electron chi connectivity index (χ2n) is 4.77. The number of carbonyl (C=O) groups is 1. The summed E-state index contributed by atoms with van der Waals surface area (Å²) in [7, 11) is 0. The number of rotatable bonds is 3. The fraction of sp³-hybridized carbons (Fsp3) is 0.500. The van der Waals surface area contributed by atoms with Gasteiger partial charge in [-0.2, -0.15) is 0 Å². The average Bonchev–Trinajstić information content (AvgIpc) is 2.68. The minimum Gasteiger partial charge on any atom is -0.370 e. The summed E-state index contributed by atoms with van der Waals surface area (Å²) < 4.78 is 18.4. The maximum atomic E-state index is 12.9. The summed E-state index contributed by atoms with van der Waals surface area (Å²) >= 11 is 0. The first-order chi connectivity index (χ1) is 8.08. The van der Waals surface area contributed by atoms with Gasteiger partial charge < -0.3 is 4.74 Å². The maximum absolute atomic E-state index is 12.9. The summed E-state index contributed by atoms with van der Waals surface area (Å²) in [6.45, 7) is 4.53. The van der Waals surface area contributed by atoms with Crippen molar-refractivity contribution < 1.29 is 13.9 Å². The van der Waals surface area contributed by atoms with Crippen molar-refractivity contribution in [3.05, 3.63) is 35.1 Å². The molecule has 1 fully saturated rings. The van der Waals surface area contributed by atoms with E-state index in [0.29, 0.717) is 18.9 Å². The van der Waals surface area contributed by atoms with Crippen LogP contribution in [-0.4, -0.2) is 18.5 Å². The Bertz CT molecular complexity index is 428. The highest BCUT2D eigenvalue weighted by Crippen LogP contribution is 2.22. The van der Waals surface area contributed by atoms with Gasteiger partial charge in [-0.3, -0.25) is 4.79 Å². The molecule has 1 aromatic carbocycles. The molecule has 0 saturated carbocycles. The first kappa shape index (κ1) is 12.2. The number of Topliss-reactive ketones (excluding diaryl/α,β-unsaturated/α-hetero) is 1. The van der Waals surface area contributed by atoms with E-state index in [2.05, 4.69) is 0 Å². The molecule has 1 aliphatic rings. The molecule has 0 aromatic heterocycles. The van der Waals surface area contributed by atoms with Crippen LogP contribution in [0.4, 0.5) is 4.39 Å². The molecule has 1 aromatic rings. The van der Waals surface area contributed by atoms with Crippen LogP contribution in [-0.2, 0) is 16.0 Å². The third kappa shape index (κ3) is 2.72. The summed E-state index contributed by atoms with van der Waals surface area (Å²) in [6.07, 6.45) is 0.999. The lowest BCUT2D eigenvalue weighted by molar-refractivity contribution is -0.128. The molecule has 0 bridgehead atoms. The fourth-order valence-corrected chi connectivity index (χ4v) is 2.25. The van der Waals surface area contributed by atoms with Crippen molar-refractivity contribution >= 4 is 5.78 Å². The number of ether oxygens (including phenoxy) is 1. The monoisotopic (exact) mass is 236 g/mol. The Balaban J connectivity index is 2.07. The molecule has 0 N–H and O–H groups in total. The minimum atomic E-state index is -0.278. The standard InChI is InChI=1S/C14H17FO2/c1-9-5-6-17-14(9)13(16)8-11-3-4-12(15)7-10(11)2/h3-4,7,9,14H,5-6,8H2,1-2H3.